The normalized spacial score (nSPS) is 60.9. The van der Waals surface area contributed by atoms with Crippen molar-refractivity contribution in [1.82, 2.24) is 0 Å². The van der Waals surface area contributed by atoms with Crippen LogP contribution in [0.25, 0.3) is 0 Å². The first-order chi connectivity index (χ1) is 9.37. The molecule has 0 heteroatoms. The summed E-state index contributed by atoms with van der Waals surface area (Å²) in [6.45, 7) is 12.9. The van der Waals surface area contributed by atoms with Gasteiger partial charge in [0.25, 0.3) is 0 Å². The van der Waals surface area contributed by atoms with E-state index in [2.05, 4.69) is 34.6 Å². The molecule has 0 heterocycles. The molecule has 0 spiro atoms. The molecule has 114 valence electrons. The Hall–Kier alpha value is 0. The lowest BCUT2D eigenvalue weighted by Gasteiger charge is -2.37. The molecule has 0 aromatic rings. The smallest absolute Gasteiger partial charge is 0.0260 e. The van der Waals surface area contributed by atoms with Crippen molar-refractivity contribution in [2.75, 3.05) is 0 Å². The first-order valence-electron chi connectivity index (χ1n) is 9.37. The quantitative estimate of drug-likeness (QED) is 0.569. The Morgan fingerprint density at radius 2 is 1.70 bits per heavy atom. The largest absolute Gasteiger partial charge is 0.0625 e. The van der Waals surface area contributed by atoms with E-state index < -0.39 is 0 Å². The Balaban J connectivity index is 1.72. The number of rotatable bonds is 1. The average Bonchev–Trinajstić information content (AvgIpc) is 2.74. The van der Waals surface area contributed by atoms with Crippen molar-refractivity contribution in [3.05, 3.63) is 0 Å². The molecule has 4 saturated carbocycles. The van der Waals surface area contributed by atoms with Crippen molar-refractivity contribution >= 4 is 0 Å². The van der Waals surface area contributed by atoms with Gasteiger partial charge in [0.05, 0.1) is 0 Å². The zero-order valence-corrected chi connectivity index (χ0v) is 14.3. The van der Waals surface area contributed by atoms with E-state index in [-0.39, 0.29) is 0 Å². The van der Waals surface area contributed by atoms with Gasteiger partial charge >= 0.3 is 0 Å². The first kappa shape index (κ1) is 13.6. The van der Waals surface area contributed by atoms with Gasteiger partial charge in [-0.2, -0.15) is 0 Å². The molecule has 20 heavy (non-hydrogen) atoms. The van der Waals surface area contributed by atoms with Crippen LogP contribution in [0, 0.1) is 52.3 Å². The molecule has 4 aliphatic rings. The lowest BCUT2D eigenvalue weighted by Crippen LogP contribution is -2.31. The van der Waals surface area contributed by atoms with Gasteiger partial charge in [0, 0.05) is 0 Å². The van der Waals surface area contributed by atoms with Gasteiger partial charge in [0.2, 0.25) is 0 Å². The van der Waals surface area contributed by atoms with Crippen LogP contribution in [0.2, 0.25) is 0 Å². The van der Waals surface area contributed by atoms with Gasteiger partial charge in [-0.05, 0) is 84.4 Å². The molecule has 4 fully saturated rings. The molecule has 1 unspecified atom stereocenters. The summed E-state index contributed by atoms with van der Waals surface area (Å²) in [7, 11) is 0. The summed E-state index contributed by atoms with van der Waals surface area (Å²) in [5, 5.41) is 0. The fourth-order valence-corrected chi connectivity index (χ4v) is 7.48. The lowest BCUT2D eigenvalue weighted by atomic mass is 9.67. The minimum atomic E-state index is 0.690. The molecular formula is C20H34. The van der Waals surface area contributed by atoms with E-state index in [1.165, 1.54) is 19.3 Å². The maximum Gasteiger partial charge on any atom is -0.0260 e. The van der Waals surface area contributed by atoms with E-state index in [0.29, 0.717) is 5.41 Å². The summed E-state index contributed by atoms with van der Waals surface area (Å²) >= 11 is 0. The average molecular weight is 274 g/mol. The number of hydrogen-bond acceptors (Lipinski definition) is 0. The van der Waals surface area contributed by atoms with Gasteiger partial charge in [-0.3, -0.25) is 0 Å². The van der Waals surface area contributed by atoms with Gasteiger partial charge in [0.15, 0.2) is 0 Å². The van der Waals surface area contributed by atoms with Crippen molar-refractivity contribution in [2.45, 2.75) is 73.1 Å². The maximum absolute atomic E-state index is 2.69. The second-order valence-electron chi connectivity index (χ2n) is 9.97. The standard InChI is InChI=1S/C20H34/c1-12(2)14-8-9-19(4)10-15-13(3)6-7-16(15)20(5)11-17(20)18(14)19/h12-18H,6-11H2,1-5H3/t13-,14-,15-,16-,17+,18?,19-,20-/m1/s1. The SMILES string of the molecule is CC(C)[C@H]1CC[C@]2(C)C[C@@H]3[C@H](C)CC[C@H]3[C@@]3(C)C[C@H]3C12. The molecule has 0 radical (unpaired) electrons. The summed E-state index contributed by atoms with van der Waals surface area (Å²) in [6.07, 6.45) is 9.27. The highest BCUT2D eigenvalue weighted by Gasteiger charge is 2.68. The predicted octanol–water partition coefficient (Wildman–Crippen LogP) is 5.77. The van der Waals surface area contributed by atoms with Crippen molar-refractivity contribution in [3.63, 3.8) is 0 Å². The van der Waals surface area contributed by atoms with Gasteiger partial charge in [-0.25, -0.2) is 0 Å². The molecule has 4 rings (SSSR count). The van der Waals surface area contributed by atoms with Crippen molar-refractivity contribution < 1.29 is 0 Å². The summed E-state index contributed by atoms with van der Waals surface area (Å²) in [5.41, 5.74) is 1.44. The third-order valence-electron chi connectivity index (χ3n) is 8.68. The predicted molar refractivity (Wildman–Crippen MR) is 85.4 cm³/mol. The zero-order chi connectivity index (χ0) is 14.3. The minimum Gasteiger partial charge on any atom is -0.0625 e. The van der Waals surface area contributed by atoms with Crippen molar-refractivity contribution in [1.29, 1.82) is 0 Å². The van der Waals surface area contributed by atoms with Crippen LogP contribution in [-0.4, -0.2) is 0 Å². The molecule has 0 N–H and O–H groups in total. The van der Waals surface area contributed by atoms with Gasteiger partial charge < -0.3 is 0 Å². The fourth-order valence-electron chi connectivity index (χ4n) is 7.48. The van der Waals surface area contributed by atoms with Crippen LogP contribution < -0.4 is 0 Å². The monoisotopic (exact) mass is 274 g/mol. The third kappa shape index (κ3) is 1.60. The van der Waals surface area contributed by atoms with Gasteiger partial charge in [-0.1, -0.05) is 41.0 Å². The highest BCUT2D eigenvalue weighted by atomic mass is 14.7. The van der Waals surface area contributed by atoms with E-state index >= 15 is 0 Å². The van der Waals surface area contributed by atoms with E-state index in [1.54, 1.807) is 19.3 Å². The highest BCUT2D eigenvalue weighted by Crippen LogP contribution is 2.76. The number of hydrogen-bond donors (Lipinski definition) is 0. The highest BCUT2D eigenvalue weighted by molar-refractivity contribution is 5.17. The molecule has 0 bridgehead atoms. The third-order valence-corrected chi connectivity index (χ3v) is 8.68. The van der Waals surface area contributed by atoms with E-state index in [1.807, 2.05) is 0 Å². The molecule has 8 atom stereocenters. The van der Waals surface area contributed by atoms with Crippen LogP contribution in [0.4, 0.5) is 0 Å². The zero-order valence-electron chi connectivity index (χ0n) is 14.3. The summed E-state index contributed by atoms with van der Waals surface area (Å²) < 4.78 is 0. The maximum atomic E-state index is 2.69. The van der Waals surface area contributed by atoms with Crippen LogP contribution in [0.15, 0.2) is 0 Å². The van der Waals surface area contributed by atoms with E-state index in [4.69, 9.17) is 0 Å². The van der Waals surface area contributed by atoms with Crippen LogP contribution in [0.3, 0.4) is 0 Å². The fraction of sp³-hybridized carbons (Fsp3) is 1.00. The molecule has 0 aromatic carbocycles. The first-order valence-corrected chi connectivity index (χ1v) is 9.37. The summed E-state index contributed by atoms with van der Waals surface area (Å²) in [6, 6.07) is 0. The molecule has 0 aromatic heterocycles. The molecular weight excluding hydrogens is 240 g/mol. The Labute approximate surface area is 126 Å². The van der Waals surface area contributed by atoms with Crippen LogP contribution in [-0.2, 0) is 0 Å². The molecule has 0 amide bonds. The molecule has 0 aliphatic heterocycles. The topological polar surface area (TPSA) is 0 Å². The molecule has 0 saturated heterocycles. The van der Waals surface area contributed by atoms with Crippen LogP contribution >= 0.6 is 0 Å². The lowest BCUT2D eigenvalue weighted by molar-refractivity contribution is 0.111. The van der Waals surface area contributed by atoms with Crippen molar-refractivity contribution in [2.24, 2.45) is 52.3 Å². The number of fused-ring (bicyclic) bond motifs is 5. The minimum absolute atomic E-state index is 0.690. The van der Waals surface area contributed by atoms with Crippen molar-refractivity contribution in [3.8, 4) is 0 Å². The summed E-state index contributed by atoms with van der Waals surface area (Å²) in [5.74, 6) is 7.23. The van der Waals surface area contributed by atoms with Gasteiger partial charge in [0.1, 0.15) is 0 Å². The Morgan fingerprint density at radius 3 is 2.40 bits per heavy atom. The van der Waals surface area contributed by atoms with Crippen LogP contribution in [0.1, 0.15) is 73.1 Å². The van der Waals surface area contributed by atoms with Crippen LogP contribution in [0.5, 0.6) is 0 Å². The summed E-state index contributed by atoms with van der Waals surface area (Å²) in [4.78, 5) is 0. The molecule has 0 nitrogen and oxygen atoms in total. The second-order valence-corrected chi connectivity index (χ2v) is 9.97. The van der Waals surface area contributed by atoms with E-state index in [9.17, 15) is 0 Å². The Kier molecular flexibility index (Phi) is 2.76. The second kappa shape index (κ2) is 4.05. The Bertz CT molecular complexity index is 410. The molecule has 4 aliphatic carbocycles. The Morgan fingerprint density at radius 1 is 0.950 bits per heavy atom. The van der Waals surface area contributed by atoms with E-state index in [0.717, 1.165) is 46.8 Å². The van der Waals surface area contributed by atoms with Gasteiger partial charge in [-0.15, -0.1) is 0 Å².